The molecule has 0 amide bonds. The highest BCUT2D eigenvalue weighted by atomic mass is 15.0. The van der Waals surface area contributed by atoms with Crippen LogP contribution in [0.5, 0.6) is 0 Å². The molecule has 3 heteroatoms. The zero-order valence-corrected chi connectivity index (χ0v) is 26.7. The number of hydrogen-bond acceptors (Lipinski definition) is 1. The van der Waals surface area contributed by atoms with Gasteiger partial charge in [-0.05, 0) is 99.8 Å². The van der Waals surface area contributed by atoms with Crippen molar-refractivity contribution in [2.75, 3.05) is 5.73 Å². The normalized spacial score (nSPS) is 11.8. The molecule has 0 radical (unpaired) electrons. The van der Waals surface area contributed by atoms with Crippen molar-refractivity contribution in [3.8, 4) is 33.6 Å². The summed E-state index contributed by atoms with van der Waals surface area (Å²) in [4.78, 5) is 0. The standard InChI is InChI=1S/C46H31N3/c47-36-21-16-31(17-22-36)32-18-23-38(24-19-32)49-44-27-35(34-15-14-30-8-4-5-9-33(30)26-34)20-25-40(44)42-28-41-39-12-6-7-13-43(39)48(45(41)29-46(42)49)37-10-2-1-3-11-37/h1-29H,47H2. The van der Waals surface area contributed by atoms with E-state index in [0.29, 0.717) is 0 Å². The number of para-hydroxylation sites is 2. The number of anilines is 1. The summed E-state index contributed by atoms with van der Waals surface area (Å²) < 4.78 is 4.84. The van der Waals surface area contributed by atoms with Gasteiger partial charge in [0.15, 0.2) is 0 Å². The van der Waals surface area contributed by atoms with Gasteiger partial charge in [0.25, 0.3) is 0 Å². The first kappa shape index (κ1) is 27.5. The molecule has 0 atom stereocenters. The third-order valence-electron chi connectivity index (χ3n) is 10.0. The van der Waals surface area contributed by atoms with Crippen molar-refractivity contribution >= 4 is 60.1 Å². The molecule has 49 heavy (non-hydrogen) atoms. The van der Waals surface area contributed by atoms with Crippen LogP contribution in [0.3, 0.4) is 0 Å². The average Bonchev–Trinajstić information content (AvgIpc) is 3.66. The Labute approximate surface area is 283 Å². The molecule has 0 saturated heterocycles. The van der Waals surface area contributed by atoms with Crippen molar-refractivity contribution in [2.45, 2.75) is 0 Å². The Morgan fingerprint density at radius 1 is 0.306 bits per heavy atom. The Morgan fingerprint density at radius 2 is 0.837 bits per heavy atom. The first-order valence-electron chi connectivity index (χ1n) is 16.7. The van der Waals surface area contributed by atoms with E-state index in [0.717, 1.165) is 28.2 Å². The van der Waals surface area contributed by atoms with Crippen molar-refractivity contribution in [1.29, 1.82) is 0 Å². The molecular weight excluding hydrogens is 595 g/mol. The molecule has 2 aromatic heterocycles. The molecule has 0 aliphatic heterocycles. The van der Waals surface area contributed by atoms with Crippen LogP contribution in [0.25, 0.3) is 88.0 Å². The monoisotopic (exact) mass is 625 g/mol. The number of fused-ring (bicyclic) bond motifs is 7. The van der Waals surface area contributed by atoms with Crippen LogP contribution in [0.2, 0.25) is 0 Å². The molecule has 2 heterocycles. The van der Waals surface area contributed by atoms with Crippen LogP contribution in [0, 0.1) is 0 Å². The zero-order valence-electron chi connectivity index (χ0n) is 26.7. The molecule has 0 unspecified atom stereocenters. The lowest BCUT2D eigenvalue weighted by atomic mass is 10.00. The highest BCUT2D eigenvalue weighted by Gasteiger charge is 2.19. The van der Waals surface area contributed by atoms with Gasteiger partial charge < -0.3 is 14.9 Å². The zero-order chi connectivity index (χ0) is 32.5. The summed E-state index contributed by atoms with van der Waals surface area (Å²) >= 11 is 0. The van der Waals surface area contributed by atoms with Crippen molar-refractivity contribution in [3.05, 3.63) is 176 Å². The number of rotatable bonds is 4. The summed E-state index contributed by atoms with van der Waals surface area (Å²) in [6, 6.07) is 63.5. The fraction of sp³-hybridized carbons (Fsp3) is 0. The second-order valence-corrected chi connectivity index (χ2v) is 12.9. The van der Waals surface area contributed by atoms with Crippen LogP contribution in [0.15, 0.2) is 176 Å². The van der Waals surface area contributed by atoms with E-state index in [1.807, 2.05) is 12.1 Å². The molecule has 8 aromatic carbocycles. The number of hydrogen-bond donors (Lipinski definition) is 1. The highest BCUT2D eigenvalue weighted by molar-refractivity contribution is 6.19. The third-order valence-corrected chi connectivity index (χ3v) is 10.0. The maximum absolute atomic E-state index is 5.99. The number of benzene rings is 8. The minimum Gasteiger partial charge on any atom is -0.399 e. The van der Waals surface area contributed by atoms with Gasteiger partial charge in [-0.2, -0.15) is 0 Å². The van der Waals surface area contributed by atoms with Gasteiger partial charge in [0, 0.05) is 38.6 Å². The number of nitrogen functional groups attached to an aromatic ring is 1. The number of aromatic nitrogens is 2. The van der Waals surface area contributed by atoms with E-state index in [1.54, 1.807) is 0 Å². The van der Waals surface area contributed by atoms with Crippen LogP contribution in [-0.2, 0) is 0 Å². The minimum absolute atomic E-state index is 0.770. The summed E-state index contributed by atoms with van der Waals surface area (Å²) in [5, 5.41) is 7.48. The topological polar surface area (TPSA) is 35.9 Å². The van der Waals surface area contributed by atoms with Crippen molar-refractivity contribution in [3.63, 3.8) is 0 Å². The fourth-order valence-corrected chi connectivity index (χ4v) is 7.64. The molecule has 0 saturated carbocycles. The number of nitrogens with two attached hydrogens (primary N) is 1. The predicted molar refractivity (Wildman–Crippen MR) is 208 cm³/mol. The molecule has 0 bridgehead atoms. The van der Waals surface area contributed by atoms with E-state index in [1.165, 1.54) is 65.5 Å². The summed E-state index contributed by atoms with van der Waals surface area (Å²) in [7, 11) is 0. The highest BCUT2D eigenvalue weighted by Crippen LogP contribution is 2.41. The van der Waals surface area contributed by atoms with E-state index in [-0.39, 0.29) is 0 Å². The van der Waals surface area contributed by atoms with E-state index < -0.39 is 0 Å². The van der Waals surface area contributed by atoms with Crippen LogP contribution in [0.4, 0.5) is 5.69 Å². The lowest BCUT2D eigenvalue weighted by Crippen LogP contribution is -1.96. The lowest BCUT2D eigenvalue weighted by molar-refractivity contribution is 1.16. The van der Waals surface area contributed by atoms with Gasteiger partial charge in [-0.25, -0.2) is 0 Å². The average molecular weight is 626 g/mol. The van der Waals surface area contributed by atoms with Crippen molar-refractivity contribution in [2.24, 2.45) is 0 Å². The van der Waals surface area contributed by atoms with Crippen molar-refractivity contribution < 1.29 is 0 Å². The summed E-state index contributed by atoms with van der Waals surface area (Å²) in [6.07, 6.45) is 0. The van der Waals surface area contributed by atoms with Crippen LogP contribution >= 0.6 is 0 Å². The Balaban J connectivity index is 1.26. The van der Waals surface area contributed by atoms with E-state index in [9.17, 15) is 0 Å². The Morgan fingerprint density at radius 3 is 1.61 bits per heavy atom. The number of nitrogens with zero attached hydrogens (tertiary/aromatic N) is 2. The predicted octanol–water partition coefficient (Wildman–Crippen LogP) is 12.0. The maximum Gasteiger partial charge on any atom is 0.0562 e. The smallest absolute Gasteiger partial charge is 0.0562 e. The fourth-order valence-electron chi connectivity index (χ4n) is 7.64. The van der Waals surface area contributed by atoms with Gasteiger partial charge in [0.2, 0.25) is 0 Å². The second kappa shape index (κ2) is 10.7. The minimum atomic E-state index is 0.770. The van der Waals surface area contributed by atoms with Gasteiger partial charge in [0.1, 0.15) is 0 Å². The maximum atomic E-state index is 5.99. The summed E-state index contributed by atoms with van der Waals surface area (Å²) in [6.45, 7) is 0. The lowest BCUT2D eigenvalue weighted by Gasteiger charge is -2.12. The van der Waals surface area contributed by atoms with Gasteiger partial charge in [0.05, 0.1) is 22.1 Å². The summed E-state index contributed by atoms with van der Waals surface area (Å²) in [5.74, 6) is 0. The molecule has 3 nitrogen and oxygen atoms in total. The quantitative estimate of drug-likeness (QED) is 0.194. The van der Waals surface area contributed by atoms with Crippen molar-refractivity contribution in [1.82, 2.24) is 9.13 Å². The Kier molecular flexibility index (Phi) is 6.03. The largest absolute Gasteiger partial charge is 0.399 e. The molecule has 2 N–H and O–H groups in total. The molecule has 10 rings (SSSR count). The third kappa shape index (κ3) is 4.37. The first-order chi connectivity index (χ1) is 24.2. The van der Waals surface area contributed by atoms with Crippen LogP contribution < -0.4 is 5.73 Å². The molecule has 0 spiro atoms. The molecule has 0 aliphatic rings. The van der Waals surface area contributed by atoms with Crippen LogP contribution in [0.1, 0.15) is 0 Å². The molecule has 10 aromatic rings. The summed E-state index contributed by atoms with van der Waals surface area (Å²) in [5.41, 5.74) is 18.5. The van der Waals surface area contributed by atoms with E-state index in [2.05, 4.69) is 173 Å². The first-order valence-corrected chi connectivity index (χ1v) is 16.7. The molecule has 230 valence electrons. The van der Waals surface area contributed by atoms with Gasteiger partial charge in [-0.3, -0.25) is 0 Å². The Bertz CT molecular complexity index is 2860. The Hall–Kier alpha value is -6.58. The molecule has 0 fully saturated rings. The van der Waals surface area contributed by atoms with Gasteiger partial charge >= 0.3 is 0 Å². The van der Waals surface area contributed by atoms with Crippen LogP contribution in [-0.4, -0.2) is 9.13 Å². The van der Waals surface area contributed by atoms with E-state index >= 15 is 0 Å². The molecule has 0 aliphatic carbocycles. The molecular formula is C46H31N3. The SMILES string of the molecule is Nc1ccc(-c2ccc(-n3c4cc(-c5ccc6ccccc6c5)ccc4c4cc5c6ccccc6n(-c6ccccc6)c5cc43)cc2)cc1. The van der Waals surface area contributed by atoms with E-state index in [4.69, 9.17) is 5.73 Å². The van der Waals surface area contributed by atoms with Gasteiger partial charge in [-0.1, -0.05) is 109 Å². The van der Waals surface area contributed by atoms with Gasteiger partial charge in [-0.15, -0.1) is 0 Å². The second-order valence-electron chi connectivity index (χ2n) is 12.9.